The van der Waals surface area contributed by atoms with Gasteiger partial charge >= 0.3 is 0 Å². The van der Waals surface area contributed by atoms with Crippen molar-refractivity contribution in [2.75, 3.05) is 19.6 Å². The Morgan fingerprint density at radius 1 is 1.38 bits per heavy atom. The lowest BCUT2D eigenvalue weighted by Crippen LogP contribution is -2.54. The minimum atomic E-state index is -0.550. The third-order valence-corrected chi connectivity index (χ3v) is 7.12. The number of hydrogen-bond acceptors (Lipinski definition) is 5. The van der Waals surface area contributed by atoms with E-state index in [-0.39, 0.29) is 29.2 Å². The summed E-state index contributed by atoms with van der Waals surface area (Å²) in [5, 5.41) is 16.8. The maximum atomic E-state index is 12.7. The normalized spacial score (nSPS) is 27.0. The van der Waals surface area contributed by atoms with E-state index in [2.05, 4.69) is 50.6 Å². The smallest absolute Gasteiger partial charge is 0.245 e. The molecular weight excluding hydrogens is 426 g/mol. The molecule has 0 radical (unpaired) electrons. The van der Waals surface area contributed by atoms with Crippen LogP contribution in [0.5, 0.6) is 0 Å². The highest BCUT2D eigenvalue weighted by molar-refractivity contribution is 7.80. The van der Waals surface area contributed by atoms with Gasteiger partial charge in [-0.25, -0.2) is 0 Å². The van der Waals surface area contributed by atoms with E-state index in [4.69, 9.17) is 17.5 Å². The third kappa shape index (κ3) is 6.18. The number of thiocarbonyl (C=S) groups is 1. The SMILES string of the molecule is CC(=S)NC(C(=O)N1CC2C(C1)C2(C)C)C(C)(C)C.N#CC(CC1CCNC1=O)NC=O. The Morgan fingerprint density at radius 2 is 1.97 bits per heavy atom. The molecule has 32 heavy (non-hydrogen) atoms. The summed E-state index contributed by atoms with van der Waals surface area (Å²) >= 11 is 5.12. The summed E-state index contributed by atoms with van der Waals surface area (Å²) in [6.45, 7) is 15.2. The van der Waals surface area contributed by atoms with Crippen LogP contribution >= 0.6 is 12.2 Å². The molecule has 3 rings (SSSR count). The number of carbonyl (C=O) groups excluding carboxylic acids is 3. The van der Waals surface area contributed by atoms with Crippen LogP contribution in [0.3, 0.4) is 0 Å². The van der Waals surface area contributed by atoms with Crippen LogP contribution < -0.4 is 16.0 Å². The molecule has 2 aliphatic heterocycles. The maximum Gasteiger partial charge on any atom is 0.245 e. The van der Waals surface area contributed by atoms with Crippen molar-refractivity contribution in [1.82, 2.24) is 20.9 Å². The van der Waals surface area contributed by atoms with Crippen molar-refractivity contribution in [2.45, 2.75) is 66.5 Å². The van der Waals surface area contributed by atoms with Crippen molar-refractivity contribution in [3.05, 3.63) is 0 Å². The van der Waals surface area contributed by atoms with Crippen molar-refractivity contribution < 1.29 is 14.4 Å². The standard InChI is InChI=1S/C15H26N2OS.C8H11N3O2/c1-9(19)16-12(14(2,3)4)13(18)17-7-10-11(8-17)15(10,5)6;9-4-7(11-5-12)3-6-1-2-10-8(6)13/h10-12H,7-8H2,1-6H3,(H,16,19);5-7H,1-3H2,(H,10,13)(H,11,12). The molecule has 5 atom stereocenters. The van der Waals surface area contributed by atoms with Crippen molar-refractivity contribution in [3.63, 3.8) is 0 Å². The molecule has 178 valence electrons. The van der Waals surface area contributed by atoms with Gasteiger partial charge in [0.25, 0.3) is 0 Å². The molecule has 5 unspecified atom stereocenters. The highest BCUT2D eigenvalue weighted by atomic mass is 32.1. The Labute approximate surface area is 196 Å². The molecule has 0 aromatic heterocycles. The average molecular weight is 464 g/mol. The second kappa shape index (κ2) is 10.2. The van der Waals surface area contributed by atoms with Crippen molar-refractivity contribution in [1.29, 1.82) is 5.26 Å². The van der Waals surface area contributed by atoms with E-state index in [9.17, 15) is 14.4 Å². The second-order valence-corrected chi connectivity index (χ2v) is 11.4. The highest BCUT2D eigenvalue weighted by Crippen LogP contribution is 2.62. The minimum absolute atomic E-state index is 0.0204. The first kappa shape index (κ1) is 26.0. The zero-order valence-electron chi connectivity index (χ0n) is 20.0. The molecule has 3 N–H and O–H groups in total. The Morgan fingerprint density at radius 3 is 2.38 bits per heavy atom. The van der Waals surface area contributed by atoms with Gasteiger partial charge in [-0.1, -0.05) is 46.8 Å². The Kier molecular flexibility index (Phi) is 8.27. The number of nitrogens with one attached hydrogen (secondary N) is 3. The number of nitriles is 1. The van der Waals surface area contributed by atoms with Gasteiger partial charge in [0.05, 0.1) is 11.1 Å². The van der Waals surface area contributed by atoms with Crippen LogP contribution in [0.4, 0.5) is 0 Å². The largest absolute Gasteiger partial charge is 0.368 e. The molecule has 0 aromatic carbocycles. The van der Waals surface area contributed by atoms with E-state index in [0.717, 1.165) is 19.5 Å². The van der Waals surface area contributed by atoms with E-state index in [0.29, 0.717) is 41.6 Å². The van der Waals surface area contributed by atoms with Gasteiger partial charge in [0.2, 0.25) is 18.2 Å². The molecule has 3 aliphatic rings. The van der Waals surface area contributed by atoms with E-state index in [1.165, 1.54) is 0 Å². The summed E-state index contributed by atoms with van der Waals surface area (Å²) in [7, 11) is 0. The third-order valence-electron chi connectivity index (χ3n) is 7.00. The highest BCUT2D eigenvalue weighted by Gasteiger charge is 2.63. The molecule has 2 saturated heterocycles. The second-order valence-electron chi connectivity index (χ2n) is 10.8. The van der Waals surface area contributed by atoms with Gasteiger partial charge in [-0.15, -0.1) is 0 Å². The number of carbonyl (C=O) groups is 3. The molecule has 8 nitrogen and oxygen atoms in total. The van der Waals surface area contributed by atoms with Gasteiger partial charge in [0, 0.05) is 25.6 Å². The number of amides is 3. The van der Waals surface area contributed by atoms with Gasteiger partial charge in [0.1, 0.15) is 12.1 Å². The van der Waals surface area contributed by atoms with Crippen LogP contribution in [-0.2, 0) is 14.4 Å². The first-order valence-electron chi connectivity index (χ1n) is 11.3. The Balaban J connectivity index is 0.000000244. The summed E-state index contributed by atoms with van der Waals surface area (Å²) in [5.41, 5.74) is 0.320. The van der Waals surface area contributed by atoms with E-state index in [1.54, 1.807) is 0 Å². The lowest BCUT2D eigenvalue weighted by molar-refractivity contribution is -0.135. The van der Waals surface area contributed by atoms with E-state index in [1.807, 2.05) is 17.9 Å². The minimum Gasteiger partial charge on any atom is -0.368 e. The summed E-state index contributed by atoms with van der Waals surface area (Å²) in [6, 6.07) is 1.16. The Bertz CT molecular complexity index is 771. The van der Waals surface area contributed by atoms with Crippen molar-refractivity contribution >= 4 is 35.4 Å². The lowest BCUT2D eigenvalue weighted by Gasteiger charge is -2.35. The van der Waals surface area contributed by atoms with E-state index < -0.39 is 6.04 Å². The van der Waals surface area contributed by atoms with Crippen LogP contribution in [0.2, 0.25) is 0 Å². The molecule has 1 aliphatic carbocycles. The molecule has 0 spiro atoms. The maximum absolute atomic E-state index is 12.7. The molecule has 2 heterocycles. The molecule has 0 bridgehead atoms. The molecule has 1 saturated carbocycles. The molecule has 3 fully saturated rings. The van der Waals surface area contributed by atoms with Gasteiger partial charge in [0.15, 0.2) is 0 Å². The molecule has 3 amide bonds. The number of piperidine rings is 1. The quantitative estimate of drug-likeness (QED) is 0.407. The van der Waals surface area contributed by atoms with Gasteiger partial charge in [-0.3, -0.25) is 14.4 Å². The van der Waals surface area contributed by atoms with Gasteiger partial charge < -0.3 is 20.9 Å². The Hall–Kier alpha value is -2.21. The molecular formula is C23H37N5O3S. The van der Waals surface area contributed by atoms with Crippen LogP contribution in [0.1, 0.15) is 54.4 Å². The summed E-state index contributed by atoms with van der Waals surface area (Å²) < 4.78 is 0. The topological polar surface area (TPSA) is 114 Å². The predicted octanol–water partition coefficient (Wildman–Crippen LogP) is 1.60. The first-order valence-corrected chi connectivity index (χ1v) is 11.7. The fourth-order valence-corrected chi connectivity index (χ4v) is 4.86. The monoisotopic (exact) mass is 463 g/mol. The molecule has 0 aromatic rings. The van der Waals surface area contributed by atoms with Crippen LogP contribution in [-0.4, -0.2) is 59.8 Å². The summed E-state index contributed by atoms with van der Waals surface area (Å²) in [4.78, 5) is 36.6. The fraction of sp³-hybridized carbons (Fsp3) is 0.783. The average Bonchev–Trinajstić information content (AvgIpc) is 3.10. The number of nitrogens with zero attached hydrogens (tertiary/aromatic N) is 2. The fourth-order valence-electron chi connectivity index (χ4n) is 4.74. The van der Waals surface area contributed by atoms with Crippen molar-refractivity contribution in [3.8, 4) is 6.07 Å². The number of likely N-dealkylation sites (tertiary alicyclic amines) is 1. The molecule has 9 heteroatoms. The number of fused-ring (bicyclic) bond motifs is 1. The van der Waals surface area contributed by atoms with Gasteiger partial charge in [-0.05, 0) is 42.4 Å². The summed E-state index contributed by atoms with van der Waals surface area (Å²) in [6.07, 6.45) is 1.64. The zero-order chi connectivity index (χ0) is 24.3. The van der Waals surface area contributed by atoms with Gasteiger partial charge in [-0.2, -0.15) is 5.26 Å². The van der Waals surface area contributed by atoms with Crippen LogP contribution in [0.15, 0.2) is 0 Å². The van der Waals surface area contributed by atoms with Crippen LogP contribution in [0.25, 0.3) is 0 Å². The number of rotatable bonds is 6. The van der Waals surface area contributed by atoms with E-state index >= 15 is 0 Å². The van der Waals surface area contributed by atoms with Crippen LogP contribution in [0, 0.1) is 39.9 Å². The van der Waals surface area contributed by atoms with Crippen molar-refractivity contribution in [2.24, 2.45) is 28.6 Å². The zero-order valence-corrected chi connectivity index (χ0v) is 20.8. The first-order chi connectivity index (χ1) is 14.8. The lowest BCUT2D eigenvalue weighted by atomic mass is 9.85. The predicted molar refractivity (Wildman–Crippen MR) is 126 cm³/mol. The number of hydrogen-bond donors (Lipinski definition) is 3. The summed E-state index contributed by atoms with van der Waals surface area (Å²) in [5.74, 6) is 1.46.